The van der Waals surface area contributed by atoms with E-state index in [1.807, 2.05) is 43.3 Å². The molecule has 1 amide bonds. The van der Waals surface area contributed by atoms with Crippen LogP contribution in [-0.2, 0) is 16.6 Å². The molecule has 0 aliphatic heterocycles. The van der Waals surface area contributed by atoms with Gasteiger partial charge in [0.15, 0.2) is 0 Å². The van der Waals surface area contributed by atoms with Crippen molar-refractivity contribution < 1.29 is 9.53 Å². The van der Waals surface area contributed by atoms with E-state index in [-0.39, 0.29) is 11.3 Å². The lowest BCUT2D eigenvalue weighted by molar-refractivity contribution is -0.118. The van der Waals surface area contributed by atoms with Gasteiger partial charge in [0.1, 0.15) is 5.75 Å². The highest BCUT2D eigenvalue weighted by molar-refractivity contribution is 6.02. The van der Waals surface area contributed by atoms with Gasteiger partial charge in [-0.2, -0.15) is 0 Å². The van der Waals surface area contributed by atoms with Crippen molar-refractivity contribution in [3.63, 3.8) is 0 Å². The fourth-order valence-corrected chi connectivity index (χ4v) is 3.12. The molecule has 23 heavy (non-hydrogen) atoms. The largest absolute Gasteiger partial charge is 0.497 e. The first kappa shape index (κ1) is 15.6. The Labute approximate surface area is 137 Å². The molecule has 1 fully saturated rings. The van der Waals surface area contributed by atoms with Crippen molar-refractivity contribution in [2.24, 2.45) is 0 Å². The Morgan fingerprint density at radius 2 is 1.87 bits per heavy atom. The molecular formula is C20H23NO2. The minimum atomic E-state index is -0.375. The van der Waals surface area contributed by atoms with Crippen LogP contribution in [0.3, 0.4) is 0 Å². The zero-order chi connectivity index (χ0) is 16.4. The second-order valence-electron chi connectivity index (χ2n) is 6.23. The van der Waals surface area contributed by atoms with Gasteiger partial charge in [0.2, 0.25) is 5.91 Å². The van der Waals surface area contributed by atoms with Gasteiger partial charge in [-0.3, -0.25) is 4.79 Å². The maximum Gasteiger partial charge on any atom is 0.235 e. The number of nitrogens with one attached hydrogen (secondary N) is 1. The average molecular weight is 309 g/mol. The average Bonchev–Trinajstić information content (AvgIpc) is 3.38. The number of ether oxygens (including phenoxy) is 1. The predicted molar refractivity (Wildman–Crippen MR) is 93.1 cm³/mol. The standard InChI is InChI=1S/C20H23NO2/c1-4-15-7-5-6-14(2)18(15)21-19(22)20(12-13-20)16-8-10-17(23-3)11-9-16/h5-11H,4,12-13H2,1-3H3,(H,21,22). The maximum absolute atomic E-state index is 12.9. The number of para-hydroxylation sites is 1. The minimum absolute atomic E-state index is 0.103. The molecule has 0 saturated heterocycles. The third-order valence-corrected chi connectivity index (χ3v) is 4.81. The molecule has 0 atom stereocenters. The van der Waals surface area contributed by atoms with E-state index < -0.39 is 0 Å². The van der Waals surface area contributed by atoms with Gasteiger partial charge in [-0.25, -0.2) is 0 Å². The smallest absolute Gasteiger partial charge is 0.235 e. The van der Waals surface area contributed by atoms with Gasteiger partial charge < -0.3 is 10.1 Å². The van der Waals surface area contributed by atoms with Crippen LogP contribution in [0, 0.1) is 6.92 Å². The minimum Gasteiger partial charge on any atom is -0.497 e. The van der Waals surface area contributed by atoms with Gasteiger partial charge in [-0.1, -0.05) is 37.3 Å². The monoisotopic (exact) mass is 309 g/mol. The van der Waals surface area contributed by atoms with E-state index in [0.29, 0.717) is 0 Å². The lowest BCUT2D eigenvalue weighted by Gasteiger charge is -2.19. The van der Waals surface area contributed by atoms with Crippen LogP contribution in [0.2, 0.25) is 0 Å². The molecule has 0 bridgehead atoms. The fourth-order valence-electron chi connectivity index (χ4n) is 3.12. The maximum atomic E-state index is 12.9. The zero-order valence-electron chi connectivity index (χ0n) is 14.0. The van der Waals surface area contributed by atoms with E-state index in [2.05, 4.69) is 18.3 Å². The molecule has 0 spiro atoms. The van der Waals surface area contributed by atoms with Crippen molar-refractivity contribution in [3.8, 4) is 5.75 Å². The van der Waals surface area contributed by atoms with Crippen LogP contribution in [0.4, 0.5) is 5.69 Å². The van der Waals surface area contributed by atoms with E-state index in [4.69, 9.17) is 4.74 Å². The number of carbonyl (C=O) groups is 1. The molecule has 3 nitrogen and oxygen atoms in total. The predicted octanol–water partition coefficient (Wildman–Crippen LogP) is 4.24. The van der Waals surface area contributed by atoms with Crippen molar-refractivity contribution in [2.75, 3.05) is 12.4 Å². The zero-order valence-corrected chi connectivity index (χ0v) is 14.0. The first-order chi connectivity index (χ1) is 11.1. The Bertz CT molecular complexity index is 715. The highest BCUT2D eigenvalue weighted by Crippen LogP contribution is 2.49. The van der Waals surface area contributed by atoms with Gasteiger partial charge in [-0.15, -0.1) is 0 Å². The third-order valence-electron chi connectivity index (χ3n) is 4.81. The van der Waals surface area contributed by atoms with Crippen LogP contribution in [0.5, 0.6) is 5.75 Å². The normalized spacial score (nSPS) is 15.1. The molecule has 2 aromatic rings. The Balaban J connectivity index is 1.85. The first-order valence-corrected chi connectivity index (χ1v) is 8.15. The van der Waals surface area contributed by atoms with Crippen molar-refractivity contribution in [1.82, 2.24) is 0 Å². The quantitative estimate of drug-likeness (QED) is 0.897. The number of amides is 1. The molecule has 120 valence electrons. The van der Waals surface area contributed by atoms with Crippen LogP contribution in [0.25, 0.3) is 0 Å². The van der Waals surface area contributed by atoms with Gasteiger partial charge in [0.25, 0.3) is 0 Å². The highest BCUT2D eigenvalue weighted by atomic mass is 16.5. The summed E-state index contributed by atoms with van der Waals surface area (Å²) in [5, 5.41) is 3.19. The van der Waals surface area contributed by atoms with Crippen LogP contribution in [0.15, 0.2) is 42.5 Å². The lowest BCUT2D eigenvalue weighted by atomic mass is 9.94. The number of anilines is 1. The molecule has 3 heteroatoms. The van der Waals surface area contributed by atoms with Crippen molar-refractivity contribution in [2.45, 2.75) is 38.5 Å². The third kappa shape index (κ3) is 2.83. The summed E-state index contributed by atoms with van der Waals surface area (Å²) in [5.41, 5.74) is 3.97. The summed E-state index contributed by atoms with van der Waals surface area (Å²) in [6.07, 6.45) is 2.71. The van der Waals surface area contributed by atoms with Crippen LogP contribution >= 0.6 is 0 Å². The molecule has 1 saturated carbocycles. The summed E-state index contributed by atoms with van der Waals surface area (Å²) in [6.45, 7) is 4.16. The highest BCUT2D eigenvalue weighted by Gasteiger charge is 2.51. The Kier molecular flexibility index (Phi) is 4.12. The second-order valence-corrected chi connectivity index (χ2v) is 6.23. The summed E-state index contributed by atoms with van der Waals surface area (Å²) in [7, 11) is 1.65. The Morgan fingerprint density at radius 3 is 2.43 bits per heavy atom. The molecule has 3 rings (SSSR count). The van der Waals surface area contributed by atoms with E-state index in [0.717, 1.165) is 41.8 Å². The Hall–Kier alpha value is -2.29. The van der Waals surface area contributed by atoms with Crippen molar-refractivity contribution >= 4 is 11.6 Å². The molecular weight excluding hydrogens is 286 g/mol. The molecule has 1 aliphatic rings. The Morgan fingerprint density at radius 1 is 1.17 bits per heavy atom. The van der Waals surface area contributed by atoms with Gasteiger partial charge in [-0.05, 0) is 55.0 Å². The number of methoxy groups -OCH3 is 1. The summed E-state index contributed by atoms with van der Waals surface area (Å²) < 4.78 is 5.20. The summed E-state index contributed by atoms with van der Waals surface area (Å²) in [5.74, 6) is 0.920. The number of hydrogen-bond donors (Lipinski definition) is 1. The second kappa shape index (κ2) is 6.07. The van der Waals surface area contributed by atoms with E-state index >= 15 is 0 Å². The van der Waals surface area contributed by atoms with Gasteiger partial charge in [0, 0.05) is 5.69 Å². The van der Waals surface area contributed by atoms with E-state index in [9.17, 15) is 4.79 Å². The summed E-state index contributed by atoms with van der Waals surface area (Å²) in [6, 6.07) is 14.0. The lowest BCUT2D eigenvalue weighted by Crippen LogP contribution is -2.28. The fraction of sp³-hybridized carbons (Fsp3) is 0.350. The van der Waals surface area contributed by atoms with Gasteiger partial charge in [0.05, 0.1) is 12.5 Å². The number of hydrogen-bond acceptors (Lipinski definition) is 2. The number of rotatable bonds is 5. The van der Waals surface area contributed by atoms with Crippen LogP contribution in [0.1, 0.15) is 36.5 Å². The summed E-state index contributed by atoms with van der Waals surface area (Å²) >= 11 is 0. The number of carbonyl (C=O) groups excluding carboxylic acids is 1. The van der Waals surface area contributed by atoms with Crippen molar-refractivity contribution in [3.05, 3.63) is 59.2 Å². The molecule has 0 unspecified atom stereocenters. The molecule has 2 aromatic carbocycles. The van der Waals surface area contributed by atoms with Crippen LogP contribution in [-0.4, -0.2) is 13.0 Å². The van der Waals surface area contributed by atoms with Crippen LogP contribution < -0.4 is 10.1 Å². The first-order valence-electron chi connectivity index (χ1n) is 8.15. The molecule has 0 heterocycles. The number of benzene rings is 2. The molecule has 0 aromatic heterocycles. The summed E-state index contributed by atoms with van der Waals surface area (Å²) in [4.78, 5) is 12.9. The molecule has 1 N–H and O–H groups in total. The molecule has 1 aliphatic carbocycles. The van der Waals surface area contributed by atoms with E-state index in [1.165, 1.54) is 5.56 Å². The van der Waals surface area contributed by atoms with Gasteiger partial charge >= 0.3 is 0 Å². The van der Waals surface area contributed by atoms with Crippen molar-refractivity contribution in [1.29, 1.82) is 0 Å². The topological polar surface area (TPSA) is 38.3 Å². The molecule has 0 radical (unpaired) electrons. The SMILES string of the molecule is CCc1cccc(C)c1NC(=O)C1(c2ccc(OC)cc2)CC1. The number of aryl methyl sites for hydroxylation is 2. The van der Waals surface area contributed by atoms with E-state index in [1.54, 1.807) is 7.11 Å².